The molecule has 0 spiro atoms. The van der Waals surface area contributed by atoms with Crippen LogP contribution >= 0.6 is 0 Å². The normalized spacial score (nSPS) is 12.2. The highest BCUT2D eigenvalue weighted by Gasteiger charge is 2.18. The third-order valence-electron chi connectivity index (χ3n) is 3.03. The van der Waals surface area contributed by atoms with Crippen LogP contribution in [0.4, 0.5) is 0 Å². The lowest BCUT2D eigenvalue weighted by molar-refractivity contribution is -0.144. The Balaban J connectivity index is 2.30. The zero-order valence-electron chi connectivity index (χ0n) is 12.2. The standard InChI is InChI=1S/C14H22N2O4/c1-4-19-13(17)7-8-16(3)11(2)14(18)15-10-12-6-5-9-20-12/h5-6,9,11H,4,7-8,10H2,1-3H3,(H,15,18). The summed E-state index contributed by atoms with van der Waals surface area (Å²) >= 11 is 0. The van der Waals surface area contributed by atoms with Crippen LogP contribution in [-0.4, -0.2) is 43.0 Å². The maximum atomic E-state index is 11.9. The lowest BCUT2D eigenvalue weighted by Gasteiger charge is -2.23. The molecule has 0 saturated heterocycles. The molecule has 0 aliphatic carbocycles. The smallest absolute Gasteiger partial charge is 0.307 e. The van der Waals surface area contributed by atoms with Crippen LogP contribution in [-0.2, 0) is 20.9 Å². The second kappa shape index (κ2) is 8.37. The minimum absolute atomic E-state index is 0.104. The molecule has 0 aromatic carbocycles. The summed E-state index contributed by atoms with van der Waals surface area (Å²) in [5.74, 6) is 0.357. The van der Waals surface area contributed by atoms with Crippen LogP contribution in [0.3, 0.4) is 0 Å². The fourth-order valence-electron chi connectivity index (χ4n) is 1.63. The Bertz CT molecular complexity index is 417. The van der Waals surface area contributed by atoms with E-state index in [-0.39, 0.29) is 24.3 Å². The van der Waals surface area contributed by atoms with Crippen molar-refractivity contribution >= 4 is 11.9 Å². The average molecular weight is 282 g/mol. The van der Waals surface area contributed by atoms with Gasteiger partial charge < -0.3 is 14.5 Å². The average Bonchev–Trinajstić information content (AvgIpc) is 2.94. The lowest BCUT2D eigenvalue weighted by atomic mass is 10.2. The highest BCUT2D eigenvalue weighted by Crippen LogP contribution is 2.02. The molecule has 1 heterocycles. The number of nitrogens with one attached hydrogen (secondary N) is 1. The Morgan fingerprint density at radius 1 is 1.50 bits per heavy atom. The van der Waals surface area contributed by atoms with E-state index in [4.69, 9.17) is 9.15 Å². The molecule has 112 valence electrons. The summed E-state index contributed by atoms with van der Waals surface area (Å²) in [6.45, 7) is 4.78. The molecule has 1 aromatic rings. The largest absolute Gasteiger partial charge is 0.467 e. The Hall–Kier alpha value is -1.82. The highest BCUT2D eigenvalue weighted by molar-refractivity contribution is 5.81. The van der Waals surface area contributed by atoms with Crippen LogP contribution < -0.4 is 5.32 Å². The van der Waals surface area contributed by atoms with Crippen molar-refractivity contribution < 1.29 is 18.7 Å². The molecule has 1 N–H and O–H groups in total. The minimum Gasteiger partial charge on any atom is -0.467 e. The summed E-state index contributed by atoms with van der Waals surface area (Å²) in [4.78, 5) is 25.0. The van der Waals surface area contributed by atoms with Gasteiger partial charge in [0.25, 0.3) is 0 Å². The molecule has 20 heavy (non-hydrogen) atoms. The Kier molecular flexibility index (Phi) is 6.79. The summed E-state index contributed by atoms with van der Waals surface area (Å²) < 4.78 is 9.99. The molecule has 0 saturated carbocycles. The first-order chi connectivity index (χ1) is 9.54. The van der Waals surface area contributed by atoms with Crippen molar-refractivity contribution in [3.05, 3.63) is 24.2 Å². The monoisotopic (exact) mass is 282 g/mol. The van der Waals surface area contributed by atoms with Crippen molar-refractivity contribution in [3.63, 3.8) is 0 Å². The molecule has 0 aliphatic heterocycles. The molecule has 1 unspecified atom stereocenters. The van der Waals surface area contributed by atoms with Crippen LogP contribution in [0.1, 0.15) is 26.0 Å². The molecular weight excluding hydrogens is 260 g/mol. The van der Waals surface area contributed by atoms with Gasteiger partial charge in [-0.05, 0) is 33.0 Å². The number of likely N-dealkylation sites (N-methyl/N-ethyl adjacent to an activating group) is 1. The number of nitrogens with zero attached hydrogens (tertiary/aromatic N) is 1. The van der Waals surface area contributed by atoms with Gasteiger partial charge in [0.15, 0.2) is 0 Å². The fourth-order valence-corrected chi connectivity index (χ4v) is 1.63. The van der Waals surface area contributed by atoms with Gasteiger partial charge >= 0.3 is 5.97 Å². The first-order valence-electron chi connectivity index (χ1n) is 6.70. The van der Waals surface area contributed by atoms with Crippen molar-refractivity contribution in [3.8, 4) is 0 Å². The Morgan fingerprint density at radius 3 is 2.85 bits per heavy atom. The predicted molar refractivity (Wildman–Crippen MR) is 73.9 cm³/mol. The summed E-state index contributed by atoms with van der Waals surface area (Å²) in [6.07, 6.45) is 1.84. The van der Waals surface area contributed by atoms with Crippen LogP contribution in [0.5, 0.6) is 0 Å². The molecule has 0 aliphatic rings. The van der Waals surface area contributed by atoms with Crippen molar-refractivity contribution in [2.24, 2.45) is 0 Å². The van der Waals surface area contributed by atoms with E-state index in [1.807, 2.05) is 4.90 Å². The van der Waals surface area contributed by atoms with Crippen molar-refractivity contribution in [1.29, 1.82) is 0 Å². The van der Waals surface area contributed by atoms with E-state index >= 15 is 0 Å². The fraction of sp³-hybridized carbons (Fsp3) is 0.571. The maximum Gasteiger partial charge on any atom is 0.307 e. The third kappa shape index (κ3) is 5.44. The van der Waals surface area contributed by atoms with Gasteiger partial charge in [-0.1, -0.05) is 0 Å². The number of carbonyl (C=O) groups is 2. The summed E-state index contributed by atoms with van der Waals surface area (Å²) in [7, 11) is 1.80. The topological polar surface area (TPSA) is 71.8 Å². The van der Waals surface area contributed by atoms with Crippen molar-refractivity contribution in [2.75, 3.05) is 20.2 Å². The lowest BCUT2D eigenvalue weighted by Crippen LogP contribution is -2.43. The zero-order valence-corrected chi connectivity index (χ0v) is 12.2. The molecular formula is C14H22N2O4. The van der Waals surface area contributed by atoms with Gasteiger partial charge in [-0.2, -0.15) is 0 Å². The van der Waals surface area contributed by atoms with E-state index in [9.17, 15) is 9.59 Å². The number of hydrogen-bond donors (Lipinski definition) is 1. The second-order valence-electron chi connectivity index (χ2n) is 4.51. The number of esters is 1. The quantitative estimate of drug-likeness (QED) is 0.725. The molecule has 1 aromatic heterocycles. The van der Waals surface area contributed by atoms with Gasteiger partial charge in [0.2, 0.25) is 5.91 Å². The van der Waals surface area contributed by atoms with Crippen molar-refractivity contribution in [1.82, 2.24) is 10.2 Å². The molecule has 1 amide bonds. The van der Waals surface area contributed by atoms with Gasteiger partial charge in [-0.3, -0.25) is 14.5 Å². The molecule has 6 nitrogen and oxygen atoms in total. The highest BCUT2D eigenvalue weighted by atomic mass is 16.5. The van der Waals surface area contributed by atoms with E-state index in [0.717, 1.165) is 0 Å². The van der Waals surface area contributed by atoms with Crippen LogP contribution in [0, 0.1) is 0 Å². The third-order valence-corrected chi connectivity index (χ3v) is 3.03. The van der Waals surface area contributed by atoms with Gasteiger partial charge in [-0.25, -0.2) is 0 Å². The molecule has 6 heteroatoms. The number of furan rings is 1. The number of hydrogen-bond acceptors (Lipinski definition) is 5. The van der Waals surface area contributed by atoms with Crippen LogP contribution in [0.2, 0.25) is 0 Å². The minimum atomic E-state index is -0.320. The van der Waals surface area contributed by atoms with E-state index in [2.05, 4.69) is 5.32 Å². The summed E-state index contributed by atoms with van der Waals surface area (Å²) in [5, 5.41) is 2.79. The maximum absolute atomic E-state index is 11.9. The predicted octanol–water partition coefficient (Wildman–Crippen LogP) is 1.17. The number of rotatable bonds is 8. The van der Waals surface area contributed by atoms with E-state index in [0.29, 0.717) is 25.5 Å². The second-order valence-corrected chi connectivity index (χ2v) is 4.51. The molecule has 0 fully saturated rings. The number of amides is 1. The molecule has 1 rings (SSSR count). The van der Waals surface area contributed by atoms with Gasteiger partial charge in [0.1, 0.15) is 5.76 Å². The van der Waals surface area contributed by atoms with Crippen LogP contribution in [0.25, 0.3) is 0 Å². The number of carbonyl (C=O) groups excluding carboxylic acids is 2. The Labute approximate surface area is 119 Å². The molecule has 0 radical (unpaired) electrons. The van der Waals surface area contributed by atoms with Gasteiger partial charge in [0, 0.05) is 6.54 Å². The number of ether oxygens (including phenoxy) is 1. The zero-order chi connectivity index (χ0) is 15.0. The van der Waals surface area contributed by atoms with E-state index < -0.39 is 0 Å². The van der Waals surface area contributed by atoms with E-state index in [1.54, 1.807) is 39.3 Å². The van der Waals surface area contributed by atoms with Crippen molar-refractivity contribution in [2.45, 2.75) is 32.9 Å². The van der Waals surface area contributed by atoms with Gasteiger partial charge in [0.05, 0.1) is 31.9 Å². The summed E-state index contributed by atoms with van der Waals surface area (Å²) in [5.41, 5.74) is 0. The molecule has 0 bridgehead atoms. The SMILES string of the molecule is CCOC(=O)CCN(C)C(C)C(=O)NCc1ccco1. The van der Waals surface area contributed by atoms with Gasteiger partial charge in [-0.15, -0.1) is 0 Å². The molecule has 1 atom stereocenters. The summed E-state index contributed by atoms with van der Waals surface area (Å²) in [6, 6.07) is 3.26. The Morgan fingerprint density at radius 2 is 2.25 bits per heavy atom. The van der Waals surface area contributed by atoms with E-state index in [1.165, 1.54) is 0 Å². The van der Waals surface area contributed by atoms with Crippen LogP contribution in [0.15, 0.2) is 22.8 Å². The first kappa shape index (κ1) is 16.2. The first-order valence-corrected chi connectivity index (χ1v) is 6.70.